The van der Waals surface area contributed by atoms with Gasteiger partial charge in [-0.2, -0.15) is 0 Å². The van der Waals surface area contributed by atoms with E-state index >= 15 is 0 Å². The van der Waals surface area contributed by atoms with Crippen molar-refractivity contribution in [3.8, 4) is 0 Å². The second-order valence-electron chi connectivity index (χ2n) is 8.63. The molecule has 3 aliphatic heterocycles. The van der Waals surface area contributed by atoms with Gasteiger partial charge in [0.15, 0.2) is 6.04 Å². The number of aliphatic carboxylic acids is 2. The molecule has 3 aliphatic rings. The molecule has 3 N–H and O–H groups in total. The lowest BCUT2D eigenvalue weighted by Crippen LogP contribution is -2.55. The molecule has 2 aromatic carbocycles. The molecular weight excluding hydrogens is 475 g/mol. The number of nitrogens with zero attached hydrogens (tertiary/aromatic N) is 1. The number of carboxylic acid groups (broad SMARTS) is 2. The molecule has 0 aliphatic carbocycles. The van der Waals surface area contributed by atoms with Crippen LogP contribution in [0.4, 0.5) is 10.1 Å². The number of carbonyl (C=O) groups excluding carboxylic acids is 1. The van der Waals surface area contributed by atoms with Crippen molar-refractivity contribution in [2.24, 2.45) is 5.92 Å². The summed E-state index contributed by atoms with van der Waals surface area (Å²) < 4.78 is 19.1. The van der Waals surface area contributed by atoms with Crippen LogP contribution >= 0.6 is 0 Å². The number of rotatable bonds is 8. The first-order chi connectivity index (χ1) is 17.2. The number of ether oxygens (including phenoxy) is 1. The van der Waals surface area contributed by atoms with Crippen LogP contribution in [0.3, 0.4) is 0 Å². The lowest BCUT2D eigenvalue weighted by molar-refractivity contribution is -0.507. The Morgan fingerprint density at radius 3 is 1.97 bits per heavy atom. The number of carboxylic acids is 2. The van der Waals surface area contributed by atoms with Crippen LogP contribution in [0.2, 0.25) is 0 Å². The molecule has 10 nitrogen and oxygen atoms in total. The number of hydrogen-bond donors (Lipinski definition) is 3. The summed E-state index contributed by atoms with van der Waals surface area (Å²) in [6.07, 6.45) is -3.10. The monoisotopic (exact) mass is 502 g/mol. The third-order valence-electron chi connectivity index (χ3n) is 6.15. The smallest absolute Gasteiger partial charge is 0.333 e. The third kappa shape index (κ3) is 7.23. The molecular formula is C25H27FN2O8-2. The largest absolute Gasteiger partial charge is 0.844 e. The number of hydrogen-bond acceptors (Lipinski definition) is 8. The van der Waals surface area contributed by atoms with Gasteiger partial charge in [0.05, 0.1) is 0 Å². The van der Waals surface area contributed by atoms with Crippen molar-refractivity contribution >= 4 is 23.6 Å². The quantitative estimate of drug-likeness (QED) is 0.426. The summed E-state index contributed by atoms with van der Waals surface area (Å²) >= 11 is 0. The molecule has 2 bridgehead atoms. The number of halogens is 1. The molecule has 0 aromatic heterocycles. The average Bonchev–Trinajstić information content (AvgIpc) is 2.88. The van der Waals surface area contributed by atoms with Crippen LogP contribution in [0.25, 0.3) is 0 Å². The maximum absolute atomic E-state index is 13.2. The van der Waals surface area contributed by atoms with Crippen molar-refractivity contribution in [1.29, 1.82) is 0 Å². The van der Waals surface area contributed by atoms with Gasteiger partial charge in [-0.3, -0.25) is 14.5 Å². The second-order valence-corrected chi connectivity index (χ2v) is 8.63. The number of benzene rings is 2. The predicted octanol–water partition coefficient (Wildman–Crippen LogP) is 0.230. The molecule has 5 rings (SSSR count). The fourth-order valence-corrected chi connectivity index (χ4v) is 4.16. The lowest BCUT2D eigenvalue weighted by Gasteiger charge is -2.44. The summed E-state index contributed by atoms with van der Waals surface area (Å²) in [6.45, 7) is 3.04. The van der Waals surface area contributed by atoms with Crippen molar-refractivity contribution in [2.75, 3.05) is 25.0 Å². The summed E-state index contributed by atoms with van der Waals surface area (Å²) in [4.78, 5) is 34.7. The van der Waals surface area contributed by atoms with E-state index in [1.807, 2.05) is 30.3 Å². The topological polar surface area (TPSA) is 162 Å². The van der Waals surface area contributed by atoms with Gasteiger partial charge in [0.1, 0.15) is 11.9 Å². The van der Waals surface area contributed by atoms with Crippen molar-refractivity contribution in [2.45, 2.75) is 37.2 Å². The van der Waals surface area contributed by atoms with E-state index < -0.39 is 30.2 Å². The summed E-state index contributed by atoms with van der Waals surface area (Å²) in [5, 5.41) is 39.0. The molecule has 0 radical (unpaired) electrons. The van der Waals surface area contributed by atoms with Crippen LogP contribution in [0.5, 0.6) is 0 Å². The summed E-state index contributed by atoms with van der Waals surface area (Å²) in [5.41, 5.74) is 1.52. The molecule has 0 saturated carbocycles. The Hall–Kier alpha value is -3.54. The Morgan fingerprint density at radius 2 is 1.50 bits per heavy atom. The standard InChI is InChI=1S/C21H23FN2O2.C4H4O6/c22-17-6-8-18(9-7-17)23-20(16-4-2-1-3-5-16)21(25)26-19-14-24-12-10-15(19)11-13-24;5-1(3(7)8)2(6)4(9)10/h1-9,15,19-20,23H,10-14H2;1-2H,(H,7,8)(H,9,10)/q;-2/t19-,20-;1-,2-/m00/s1. The van der Waals surface area contributed by atoms with Gasteiger partial charge in [-0.05, 0) is 73.9 Å². The van der Waals surface area contributed by atoms with E-state index in [0.717, 1.165) is 38.0 Å². The molecule has 3 fully saturated rings. The molecule has 0 spiro atoms. The Bertz CT molecular complexity index is 1010. The highest BCUT2D eigenvalue weighted by atomic mass is 19.1. The minimum atomic E-state index is -2.63. The number of nitrogens with one attached hydrogen (secondary N) is 1. The summed E-state index contributed by atoms with van der Waals surface area (Å²) in [7, 11) is 0. The second kappa shape index (κ2) is 12.4. The first-order valence-corrected chi connectivity index (χ1v) is 11.4. The van der Waals surface area contributed by atoms with Gasteiger partial charge in [0.2, 0.25) is 0 Å². The molecule has 0 unspecified atom stereocenters. The molecule has 194 valence electrons. The van der Waals surface area contributed by atoms with Gasteiger partial charge in [-0.1, -0.05) is 30.3 Å². The van der Waals surface area contributed by atoms with Crippen LogP contribution in [-0.4, -0.2) is 71.0 Å². The van der Waals surface area contributed by atoms with Crippen LogP contribution < -0.4 is 15.5 Å². The zero-order valence-electron chi connectivity index (χ0n) is 19.3. The van der Waals surface area contributed by atoms with E-state index in [1.54, 1.807) is 12.1 Å². The maximum Gasteiger partial charge on any atom is 0.333 e. The number of piperidine rings is 3. The first kappa shape index (κ1) is 27.1. The number of esters is 1. The van der Waals surface area contributed by atoms with E-state index in [-0.39, 0.29) is 17.9 Å². The minimum Gasteiger partial charge on any atom is -0.844 e. The van der Waals surface area contributed by atoms with Crippen LogP contribution in [0.15, 0.2) is 54.6 Å². The number of anilines is 1. The molecule has 3 saturated heterocycles. The zero-order chi connectivity index (χ0) is 26.2. The molecule has 0 amide bonds. The average molecular weight is 502 g/mol. The van der Waals surface area contributed by atoms with E-state index in [4.69, 9.17) is 14.9 Å². The van der Waals surface area contributed by atoms with E-state index in [1.165, 1.54) is 12.1 Å². The van der Waals surface area contributed by atoms with Crippen molar-refractivity contribution in [3.05, 3.63) is 66.0 Å². The Balaban J connectivity index is 0.000000308. The summed E-state index contributed by atoms with van der Waals surface area (Å²) in [6, 6.07) is 14.9. The molecule has 36 heavy (non-hydrogen) atoms. The van der Waals surface area contributed by atoms with Gasteiger partial charge >= 0.3 is 5.97 Å². The van der Waals surface area contributed by atoms with Crippen LogP contribution in [0, 0.1) is 11.7 Å². The predicted molar refractivity (Wildman–Crippen MR) is 121 cm³/mol. The van der Waals surface area contributed by atoms with Gasteiger partial charge < -0.3 is 30.5 Å². The SMILES string of the molecule is O=C(O)[C@@H]([O-])[C@H]([O-])C(=O)O.O=C(O[C@H]1CN2CCC1CC2)[C@@H](Nc1ccc(F)cc1)c1ccccc1. The third-order valence-corrected chi connectivity index (χ3v) is 6.15. The normalized spacial score (nSPS) is 22.8. The molecule has 11 heteroatoms. The van der Waals surface area contributed by atoms with Gasteiger partial charge in [0.25, 0.3) is 11.9 Å². The highest BCUT2D eigenvalue weighted by molar-refractivity contribution is 5.82. The Kier molecular flexibility index (Phi) is 9.34. The van der Waals surface area contributed by atoms with E-state index in [9.17, 15) is 29.0 Å². The highest BCUT2D eigenvalue weighted by Gasteiger charge is 2.37. The molecule has 3 heterocycles. The Morgan fingerprint density at radius 1 is 0.944 bits per heavy atom. The van der Waals surface area contributed by atoms with Crippen LogP contribution in [0.1, 0.15) is 24.4 Å². The van der Waals surface area contributed by atoms with Gasteiger partial charge in [0, 0.05) is 12.2 Å². The first-order valence-electron chi connectivity index (χ1n) is 11.4. The molecule has 2 aromatic rings. The minimum absolute atomic E-state index is 0.0359. The number of fused-ring (bicyclic) bond motifs is 3. The zero-order valence-corrected chi connectivity index (χ0v) is 19.3. The van der Waals surface area contributed by atoms with Crippen LogP contribution in [-0.2, 0) is 19.1 Å². The van der Waals surface area contributed by atoms with E-state index in [0.29, 0.717) is 11.6 Å². The number of carbonyl (C=O) groups is 3. The highest BCUT2D eigenvalue weighted by Crippen LogP contribution is 2.31. The molecule has 4 atom stereocenters. The summed E-state index contributed by atoms with van der Waals surface area (Å²) in [5.74, 6) is -4.00. The van der Waals surface area contributed by atoms with Gasteiger partial charge in [-0.25, -0.2) is 9.18 Å². The van der Waals surface area contributed by atoms with Crippen molar-refractivity contribution in [3.63, 3.8) is 0 Å². The van der Waals surface area contributed by atoms with Crippen molar-refractivity contribution < 1.29 is 43.9 Å². The van der Waals surface area contributed by atoms with Gasteiger partial charge in [-0.15, -0.1) is 0 Å². The lowest BCUT2D eigenvalue weighted by atomic mass is 9.86. The van der Waals surface area contributed by atoms with E-state index in [2.05, 4.69) is 10.2 Å². The maximum atomic E-state index is 13.2. The fourth-order valence-electron chi connectivity index (χ4n) is 4.16. The fraction of sp³-hybridized carbons (Fsp3) is 0.400. The van der Waals surface area contributed by atoms with Crippen molar-refractivity contribution in [1.82, 2.24) is 4.90 Å². The Labute approximate surface area is 206 Å².